The van der Waals surface area contributed by atoms with E-state index in [1.54, 1.807) is 0 Å². The molecule has 0 aliphatic carbocycles. The van der Waals surface area contributed by atoms with Gasteiger partial charge in [0.2, 0.25) is 0 Å². The molecule has 0 unspecified atom stereocenters. The second kappa shape index (κ2) is 5.53. The fourth-order valence-electron chi connectivity index (χ4n) is 2.60. The van der Waals surface area contributed by atoms with E-state index in [9.17, 15) is 4.79 Å². The Morgan fingerprint density at radius 2 is 2.15 bits per heavy atom. The summed E-state index contributed by atoms with van der Waals surface area (Å²) < 4.78 is 7.59. The first-order valence-corrected chi connectivity index (χ1v) is 7.09. The van der Waals surface area contributed by atoms with Crippen molar-refractivity contribution in [1.82, 2.24) is 14.3 Å². The van der Waals surface area contributed by atoms with Crippen molar-refractivity contribution in [2.24, 2.45) is 0 Å². The number of nitrogens with zero attached hydrogens (tertiary/aromatic N) is 3. The van der Waals surface area contributed by atoms with Crippen LogP contribution >= 0.6 is 0 Å². The monoisotopic (exact) mass is 273 g/mol. The van der Waals surface area contributed by atoms with Gasteiger partial charge in [-0.25, -0.2) is 4.98 Å². The number of piperidine rings is 1. The number of likely N-dealkylation sites (tertiary alicyclic amines) is 1. The number of pyridine rings is 1. The zero-order chi connectivity index (χ0) is 13.9. The fourth-order valence-corrected chi connectivity index (χ4v) is 2.60. The van der Waals surface area contributed by atoms with E-state index >= 15 is 0 Å². The Labute approximate surface area is 118 Å². The molecule has 0 spiro atoms. The number of carbonyl (C=O) groups excluding carboxylic acids is 1. The van der Waals surface area contributed by atoms with Crippen LogP contribution in [0.25, 0.3) is 5.65 Å². The first-order chi connectivity index (χ1) is 9.74. The maximum atomic E-state index is 12.1. The summed E-state index contributed by atoms with van der Waals surface area (Å²) in [5, 5.41) is 0. The standard InChI is InChI=1S/C15H19N3O2/c1-12-10-18-9-5-6-13(15(18)16-12)20-11-14(19)17-7-3-2-4-8-17/h5-6,9-10H,2-4,7-8,11H2,1H3. The number of hydrogen-bond donors (Lipinski definition) is 0. The quantitative estimate of drug-likeness (QED) is 0.859. The number of aryl methyl sites for hydroxylation is 1. The molecule has 2 aromatic rings. The smallest absolute Gasteiger partial charge is 0.260 e. The van der Waals surface area contributed by atoms with Gasteiger partial charge in [-0.1, -0.05) is 0 Å². The van der Waals surface area contributed by atoms with Crippen LogP contribution in [0.4, 0.5) is 0 Å². The molecule has 106 valence electrons. The Morgan fingerprint density at radius 3 is 2.95 bits per heavy atom. The molecule has 1 fully saturated rings. The van der Waals surface area contributed by atoms with E-state index in [1.165, 1.54) is 6.42 Å². The largest absolute Gasteiger partial charge is 0.480 e. The molecule has 3 heterocycles. The van der Waals surface area contributed by atoms with Crippen LogP contribution in [0.1, 0.15) is 25.0 Å². The molecule has 0 radical (unpaired) electrons. The topological polar surface area (TPSA) is 46.8 Å². The average Bonchev–Trinajstić information content (AvgIpc) is 2.86. The van der Waals surface area contributed by atoms with Crippen molar-refractivity contribution in [3.8, 4) is 5.75 Å². The van der Waals surface area contributed by atoms with Gasteiger partial charge in [0, 0.05) is 25.5 Å². The molecule has 20 heavy (non-hydrogen) atoms. The summed E-state index contributed by atoms with van der Waals surface area (Å²) in [5.41, 5.74) is 1.69. The molecular formula is C15H19N3O2. The number of imidazole rings is 1. The summed E-state index contributed by atoms with van der Waals surface area (Å²) in [6, 6.07) is 3.75. The summed E-state index contributed by atoms with van der Waals surface area (Å²) in [5.74, 6) is 0.723. The van der Waals surface area contributed by atoms with Crippen molar-refractivity contribution >= 4 is 11.6 Å². The number of fused-ring (bicyclic) bond motifs is 1. The van der Waals surface area contributed by atoms with Gasteiger partial charge >= 0.3 is 0 Å². The Kier molecular flexibility index (Phi) is 3.58. The second-order valence-electron chi connectivity index (χ2n) is 5.22. The van der Waals surface area contributed by atoms with Gasteiger partial charge in [-0.05, 0) is 38.3 Å². The van der Waals surface area contributed by atoms with E-state index in [0.717, 1.165) is 37.3 Å². The Balaban J connectivity index is 1.68. The summed E-state index contributed by atoms with van der Waals surface area (Å²) >= 11 is 0. The minimum atomic E-state index is 0.0648. The van der Waals surface area contributed by atoms with Crippen molar-refractivity contribution in [3.63, 3.8) is 0 Å². The third kappa shape index (κ3) is 2.61. The number of hydrogen-bond acceptors (Lipinski definition) is 3. The minimum Gasteiger partial charge on any atom is -0.480 e. The lowest BCUT2D eigenvalue weighted by molar-refractivity contribution is -0.134. The van der Waals surface area contributed by atoms with Gasteiger partial charge < -0.3 is 14.0 Å². The molecule has 0 atom stereocenters. The highest BCUT2D eigenvalue weighted by Crippen LogP contribution is 2.19. The average molecular weight is 273 g/mol. The number of carbonyl (C=O) groups is 1. The predicted octanol–water partition coefficient (Wildman–Crippen LogP) is 2.03. The van der Waals surface area contributed by atoms with E-state index in [1.807, 2.05) is 40.8 Å². The molecule has 1 aliphatic heterocycles. The first-order valence-electron chi connectivity index (χ1n) is 7.09. The summed E-state index contributed by atoms with van der Waals surface area (Å²) in [6.45, 7) is 3.74. The van der Waals surface area contributed by atoms with E-state index in [4.69, 9.17) is 4.74 Å². The fraction of sp³-hybridized carbons (Fsp3) is 0.467. The van der Waals surface area contributed by atoms with Crippen molar-refractivity contribution in [3.05, 3.63) is 30.2 Å². The molecule has 5 heteroatoms. The molecule has 1 saturated heterocycles. The Bertz CT molecular complexity index is 615. The second-order valence-corrected chi connectivity index (χ2v) is 5.22. The molecule has 2 aromatic heterocycles. The molecule has 0 aromatic carbocycles. The van der Waals surface area contributed by atoms with Crippen molar-refractivity contribution in [2.75, 3.05) is 19.7 Å². The van der Waals surface area contributed by atoms with Gasteiger partial charge in [-0.2, -0.15) is 0 Å². The van der Waals surface area contributed by atoms with E-state index in [-0.39, 0.29) is 12.5 Å². The van der Waals surface area contributed by atoms with Crippen LogP contribution in [0.2, 0.25) is 0 Å². The summed E-state index contributed by atoms with van der Waals surface area (Å²) in [6.07, 6.45) is 7.28. The third-order valence-corrected chi connectivity index (χ3v) is 3.63. The molecule has 0 saturated carbocycles. The highest BCUT2D eigenvalue weighted by Gasteiger charge is 2.17. The van der Waals surface area contributed by atoms with E-state index in [0.29, 0.717) is 5.75 Å². The normalized spacial score (nSPS) is 15.6. The maximum Gasteiger partial charge on any atom is 0.260 e. The van der Waals surface area contributed by atoms with Crippen LogP contribution in [0, 0.1) is 6.92 Å². The predicted molar refractivity (Wildman–Crippen MR) is 75.9 cm³/mol. The van der Waals surface area contributed by atoms with Crippen LogP contribution in [0.5, 0.6) is 5.75 Å². The lowest BCUT2D eigenvalue weighted by Gasteiger charge is -2.26. The van der Waals surface area contributed by atoms with E-state index < -0.39 is 0 Å². The van der Waals surface area contributed by atoms with Gasteiger partial charge in [0.1, 0.15) is 0 Å². The van der Waals surface area contributed by atoms with Crippen LogP contribution in [-0.2, 0) is 4.79 Å². The molecule has 0 N–H and O–H groups in total. The van der Waals surface area contributed by atoms with Crippen molar-refractivity contribution < 1.29 is 9.53 Å². The van der Waals surface area contributed by atoms with Gasteiger partial charge in [0.05, 0.1) is 5.69 Å². The van der Waals surface area contributed by atoms with Crippen LogP contribution in [0.3, 0.4) is 0 Å². The molecule has 3 rings (SSSR count). The third-order valence-electron chi connectivity index (χ3n) is 3.63. The van der Waals surface area contributed by atoms with Gasteiger partial charge in [-0.3, -0.25) is 4.79 Å². The molecule has 0 bridgehead atoms. The lowest BCUT2D eigenvalue weighted by Crippen LogP contribution is -2.38. The number of aromatic nitrogens is 2. The maximum absolute atomic E-state index is 12.1. The van der Waals surface area contributed by atoms with Crippen molar-refractivity contribution in [1.29, 1.82) is 0 Å². The van der Waals surface area contributed by atoms with Crippen LogP contribution in [-0.4, -0.2) is 39.9 Å². The molecule has 1 aliphatic rings. The van der Waals surface area contributed by atoms with Crippen LogP contribution < -0.4 is 4.74 Å². The molecule has 1 amide bonds. The van der Waals surface area contributed by atoms with Gasteiger partial charge in [0.25, 0.3) is 5.91 Å². The number of rotatable bonds is 3. The Hall–Kier alpha value is -2.04. The van der Waals surface area contributed by atoms with Crippen molar-refractivity contribution in [2.45, 2.75) is 26.2 Å². The highest BCUT2D eigenvalue weighted by atomic mass is 16.5. The number of ether oxygens (including phenoxy) is 1. The summed E-state index contributed by atoms with van der Waals surface area (Å²) in [7, 11) is 0. The zero-order valence-corrected chi connectivity index (χ0v) is 11.7. The molecular weight excluding hydrogens is 254 g/mol. The van der Waals surface area contributed by atoms with E-state index in [2.05, 4.69) is 4.98 Å². The lowest BCUT2D eigenvalue weighted by atomic mass is 10.1. The number of amides is 1. The highest BCUT2D eigenvalue weighted by molar-refractivity contribution is 5.78. The van der Waals surface area contributed by atoms with Gasteiger partial charge in [-0.15, -0.1) is 0 Å². The van der Waals surface area contributed by atoms with Crippen LogP contribution in [0.15, 0.2) is 24.5 Å². The molecule has 5 nitrogen and oxygen atoms in total. The minimum absolute atomic E-state index is 0.0648. The summed E-state index contributed by atoms with van der Waals surface area (Å²) in [4.78, 5) is 18.4. The Morgan fingerprint density at radius 1 is 1.35 bits per heavy atom. The zero-order valence-electron chi connectivity index (χ0n) is 11.7. The SMILES string of the molecule is Cc1cn2cccc(OCC(=O)N3CCCCC3)c2n1. The first kappa shape index (κ1) is 13.0. The van der Waals surface area contributed by atoms with Gasteiger partial charge in [0.15, 0.2) is 18.0 Å².